The lowest BCUT2D eigenvalue weighted by Gasteiger charge is -2.27. The van der Waals surface area contributed by atoms with E-state index >= 15 is 0 Å². The number of primary amides is 1. The van der Waals surface area contributed by atoms with E-state index in [0.717, 1.165) is 41.0 Å². The van der Waals surface area contributed by atoms with Gasteiger partial charge in [-0.1, -0.05) is 24.3 Å². The summed E-state index contributed by atoms with van der Waals surface area (Å²) in [5.41, 5.74) is 8.61. The summed E-state index contributed by atoms with van der Waals surface area (Å²) >= 11 is 0. The average molecular weight is 434 g/mol. The van der Waals surface area contributed by atoms with Gasteiger partial charge < -0.3 is 25.6 Å². The number of aryl methyl sites for hydroxylation is 1. The van der Waals surface area contributed by atoms with Gasteiger partial charge in [0.2, 0.25) is 0 Å². The molecule has 7 nitrogen and oxygen atoms in total. The Morgan fingerprint density at radius 3 is 2.81 bits per heavy atom. The fourth-order valence-corrected chi connectivity index (χ4v) is 3.69. The van der Waals surface area contributed by atoms with E-state index in [1.807, 2.05) is 48.5 Å². The molecule has 2 aromatic carbocycles. The van der Waals surface area contributed by atoms with Gasteiger partial charge in [0.05, 0.1) is 0 Å². The predicted molar refractivity (Wildman–Crippen MR) is 122 cm³/mol. The van der Waals surface area contributed by atoms with Crippen LogP contribution in [0.25, 0.3) is 11.1 Å². The van der Waals surface area contributed by atoms with Crippen LogP contribution in [0.4, 0.5) is 0 Å². The Bertz CT molecular complexity index is 1060. The zero-order valence-corrected chi connectivity index (χ0v) is 17.7. The number of aliphatic hydroxyl groups excluding tert-OH is 1. The molecule has 4 rings (SSSR count). The molecule has 1 aromatic heterocycles. The summed E-state index contributed by atoms with van der Waals surface area (Å²) in [4.78, 5) is 15.4. The highest BCUT2D eigenvalue weighted by Crippen LogP contribution is 2.32. The Morgan fingerprint density at radius 2 is 2.00 bits per heavy atom. The van der Waals surface area contributed by atoms with E-state index in [9.17, 15) is 9.90 Å². The van der Waals surface area contributed by atoms with Crippen LogP contribution in [0.5, 0.6) is 11.5 Å². The van der Waals surface area contributed by atoms with E-state index < -0.39 is 12.0 Å². The molecule has 0 aliphatic carbocycles. The van der Waals surface area contributed by atoms with Crippen molar-refractivity contribution >= 4 is 5.91 Å². The van der Waals surface area contributed by atoms with Crippen LogP contribution in [0.1, 0.15) is 22.5 Å². The maximum atomic E-state index is 11.4. The van der Waals surface area contributed by atoms with Crippen LogP contribution in [0.3, 0.4) is 0 Å². The van der Waals surface area contributed by atoms with Gasteiger partial charge in [-0.05, 0) is 65.9 Å². The first-order valence-corrected chi connectivity index (χ1v) is 10.7. The van der Waals surface area contributed by atoms with E-state index in [4.69, 9.17) is 15.2 Å². The fourth-order valence-electron chi connectivity index (χ4n) is 3.69. The summed E-state index contributed by atoms with van der Waals surface area (Å²) < 4.78 is 11.7. The summed E-state index contributed by atoms with van der Waals surface area (Å²) in [6.45, 7) is 1.32. The van der Waals surface area contributed by atoms with Crippen LogP contribution in [0.15, 0.2) is 66.9 Å². The van der Waals surface area contributed by atoms with Crippen molar-refractivity contribution in [2.75, 3.05) is 19.7 Å². The molecule has 166 valence electrons. The standard InChI is InChI=1S/C25H27N3O4/c26-25(30)23-13-18(10-11-28-23)17-7-9-24-19(12-17)6-8-22(32-24)15-27-14-20(29)16-31-21-4-2-1-3-5-21/h1-5,7,9-13,20,22,27,29H,6,8,14-16H2,(H2,26,30)/t20-,22+/m0/s1. The van der Waals surface area contributed by atoms with Crippen molar-refractivity contribution < 1.29 is 19.4 Å². The Hall–Kier alpha value is -3.42. The normalized spacial score (nSPS) is 16.0. The van der Waals surface area contributed by atoms with Crippen molar-refractivity contribution in [2.24, 2.45) is 5.73 Å². The highest BCUT2D eigenvalue weighted by Gasteiger charge is 2.20. The number of hydrogen-bond acceptors (Lipinski definition) is 6. The third kappa shape index (κ3) is 5.63. The largest absolute Gasteiger partial charge is 0.491 e. The molecule has 4 N–H and O–H groups in total. The van der Waals surface area contributed by atoms with Gasteiger partial charge in [0.15, 0.2) is 0 Å². The van der Waals surface area contributed by atoms with Crippen LogP contribution in [0, 0.1) is 0 Å². The molecule has 2 heterocycles. The lowest BCUT2D eigenvalue weighted by atomic mass is 9.97. The van der Waals surface area contributed by atoms with Crippen molar-refractivity contribution in [1.82, 2.24) is 10.3 Å². The summed E-state index contributed by atoms with van der Waals surface area (Å²) in [6.07, 6.45) is 2.80. The maximum Gasteiger partial charge on any atom is 0.267 e. The Kier molecular flexibility index (Phi) is 6.99. The molecule has 2 atom stereocenters. The number of aliphatic hydroxyl groups is 1. The highest BCUT2D eigenvalue weighted by atomic mass is 16.5. The van der Waals surface area contributed by atoms with E-state index in [1.165, 1.54) is 0 Å². The molecule has 1 aliphatic heterocycles. The number of rotatable bonds is 9. The Morgan fingerprint density at radius 1 is 1.19 bits per heavy atom. The first-order valence-electron chi connectivity index (χ1n) is 10.7. The van der Waals surface area contributed by atoms with Crippen LogP contribution >= 0.6 is 0 Å². The van der Waals surface area contributed by atoms with E-state index in [-0.39, 0.29) is 18.4 Å². The second kappa shape index (κ2) is 10.3. The molecule has 3 aromatic rings. The number of nitrogens with one attached hydrogen (secondary N) is 1. The van der Waals surface area contributed by atoms with Crippen LogP contribution in [-0.2, 0) is 6.42 Å². The minimum absolute atomic E-state index is 0.0398. The topological polar surface area (TPSA) is 107 Å². The molecule has 1 amide bonds. The Balaban J connectivity index is 1.27. The first kappa shape index (κ1) is 21.8. The minimum Gasteiger partial charge on any atom is -0.491 e. The van der Waals surface area contributed by atoms with Gasteiger partial charge in [-0.3, -0.25) is 9.78 Å². The number of benzene rings is 2. The van der Waals surface area contributed by atoms with Gasteiger partial charge in [0.25, 0.3) is 5.91 Å². The van der Waals surface area contributed by atoms with Crippen LogP contribution in [0.2, 0.25) is 0 Å². The number of nitrogens with zero attached hydrogens (tertiary/aromatic N) is 1. The molecule has 0 fully saturated rings. The van der Waals surface area contributed by atoms with Gasteiger partial charge >= 0.3 is 0 Å². The number of pyridine rings is 1. The second-order valence-corrected chi connectivity index (χ2v) is 7.83. The van der Waals surface area contributed by atoms with E-state index in [1.54, 1.807) is 12.3 Å². The molecule has 0 radical (unpaired) electrons. The molecule has 0 saturated heterocycles. The fraction of sp³-hybridized carbons (Fsp3) is 0.280. The summed E-state index contributed by atoms with van der Waals surface area (Å²) in [7, 11) is 0. The molecular formula is C25H27N3O4. The number of ether oxygens (including phenoxy) is 2. The number of amides is 1. The summed E-state index contributed by atoms with van der Waals surface area (Å²) in [5.74, 6) is 1.07. The number of carbonyl (C=O) groups excluding carboxylic acids is 1. The van der Waals surface area contributed by atoms with E-state index in [2.05, 4.69) is 16.4 Å². The van der Waals surface area contributed by atoms with Crippen molar-refractivity contribution in [2.45, 2.75) is 25.0 Å². The quantitative estimate of drug-likeness (QED) is 0.479. The predicted octanol–water partition coefficient (Wildman–Crippen LogP) is 2.57. The van der Waals surface area contributed by atoms with Crippen LogP contribution in [-0.4, -0.2) is 47.9 Å². The molecule has 0 unspecified atom stereocenters. The smallest absolute Gasteiger partial charge is 0.267 e. The molecule has 7 heteroatoms. The van der Waals surface area contributed by atoms with Crippen molar-refractivity contribution in [3.8, 4) is 22.6 Å². The van der Waals surface area contributed by atoms with Gasteiger partial charge in [-0.15, -0.1) is 0 Å². The number of aromatic nitrogens is 1. The monoisotopic (exact) mass is 433 g/mol. The van der Waals surface area contributed by atoms with Crippen molar-refractivity contribution in [3.05, 3.63) is 78.1 Å². The zero-order chi connectivity index (χ0) is 22.3. The minimum atomic E-state index is -0.598. The van der Waals surface area contributed by atoms with Gasteiger partial charge in [0, 0.05) is 19.3 Å². The highest BCUT2D eigenvalue weighted by molar-refractivity contribution is 5.92. The number of para-hydroxylation sites is 1. The lowest BCUT2D eigenvalue weighted by Crippen LogP contribution is -2.39. The number of fused-ring (bicyclic) bond motifs is 1. The first-order chi connectivity index (χ1) is 15.6. The summed E-state index contributed by atoms with van der Waals surface area (Å²) in [6, 6.07) is 19.0. The maximum absolute atomic E-state index is 11.4. The molecule has 1 aliphatic rings. The molecule has 0 saturated carbocycles. The van der Waals surface area contributed by atoms with Gasteiger partial charge in [0.1, 0.15) is 36.0 Å². The van der Waals surface area contributed by atoms with Crippen LogP contribution < -0.4 is 20.5 Å². The molecular weight excluding hydrogens is 406 g/mol. The SMILES string of the molecule is NC(=O)c1cc(-c2ccc3c(c2)CC[C@H](CNC[C@H](O)COc2ccccc2)O3)ccn1. The van der Waals surface area contributed by atoms with Crippen molar-refractivity contribution in [3.63, 3.8) is 0 Å². The number of nitrogens with two attached hydrogens (primary N) is 1. The molecule has 32 heavy (non-hydrogen) atoms. The average Bonchev–Trinajstić information content (AvgIpc) is 2.83. The third-order valence-electron chi connectivity index (χ3n) is 5.37. The van der Waals surface area contributed by atoms with Crippen molar-refractivity contribution in [1.29, 1.82) is 0 Å². The lowest BCUT2D eigenvalue weighted by molar-refractivity contribution is 0.0993. The number of hydrogen-bond donors (Lipinski definition) is 3. The zero-order valence-electron chi connectivity index (χ0n) is 17.7. The summed E-state index contributed by atoms with van der Waals surface area (Å²) in [5, 5.41) is 13.4. The molecule has 0 bridgehead atoms. The van der Waals surface area contributed by atoms with E-state index in [0.29, 0.717) is 13.1 Å². The third-order valence-corrected chi connectivity index (χ3v) is 5.37. The Labute approximate surface area is 187 Å². The van der Waals surface area contributed by atoms with Gasteiger partial charge in [-0.2, -0.15) is 0 Å². The number of carbonyl (C=O) groups is 1. The van der Waals surface area contributed by atoms with Gasteiger partial charge in [-0.25, -0.2) is 0 Å². The molecule has 0 spiro atoms. The second-order valence-electron chi connectivity index (χ2n) is 7.83.